The zero-order valence-corrected chi connectivity index (χ0v) is 9.69. The zero-order chi connectivity index (χ0) is 11.7. The quantitative estimate of drug-likeness (QED) is 0.752. The van der Waals surface area contributed by atoms with Gasteiger partial charge in [0.25, 0.3) is 0 Å². The Morgan fingerprint density at radius 3 is 2.00 bits per heavy atom. The summed E-state index contributed by atoms with van der Waals surface area (Å²) < 4.78 is 13.6. The van der Waals surface area contributed by atoms with Crippen LogP contribution in [-0.4, -0.2) is 0 Å². The van der Waals surface area contributed by atoms with Gasteiger partial charge in [-0.05, 0) is 30.3 Å². The van der Waals surface area contributed by atoms with Crippen LogP contribution in [0.25, 0.3) is 11.1 Å². The molecule has 0 aliphatic heterocycles. The van der Waals surface area contributed by atoms with E-state index in [1.54, 1.807) is 30.3 Å². The van der Waals surface area contributed by atoms with E-state index in [4.69, 9.17) is 28.9 Å². The molecule has 0 heterocycles. The van der Waals surface area contributed by atoms with Gasteiger partial charge in [0.2, 0.25) is 0 Å². The third kappa shape index (κ3) is 2.13. The molecule has 0 fully saturated rings. The van der Waals surface area contributed by atoms with E-state index in [1.165, 1.54) is 6.07 Å². The Morgan fingerprint density at radius 1 is 0.875 bits per heavy atom. The smallest absolute Gasteiger partial charge is 0.132 e. The van der Waals surface area contributed by atoms with Crippen molar-refractivity contribution in [3.05, 3.63) is 52.3 Å². The molecule has 1 nitrogen and oxygen atoms in total. The Kier molecular flexibility index (Phi) is 3.03. The average molecular weight is 256 g/mol. The van der Waals surface area contributed by atoms with E-state index < -0.39 is 5.82 Å². The van der Waals surface area contributed by atoms with Gasteiger partial charge in [0.15, 0.2) is 0 Å². The SMILES string of the molecule is Nc1cc(Cl)ccc1-c1ccc(Cl)cc1F. The molecule has 0 saturated carbocycles. The molecular formula is C12H8Cl2FN. The summed E-state index contributed by atoms with van der Waals surface area (Å²) in [6.45, 7) is 0. The molecule has 0 amide bonds. The van der Waals surface area contributed by atoms with Crippen LogP contribution < -0.4 is 5.73 Å². The van der Waals surface area contributed by atoms with E-state index in [9.17, 15) is 4.39 Å². The average Bonchev–Trinajstić information content (AvgIpc) is 2.19. The molecule has 2 rings (SSSR count). The summed E-state index contributed by atoms with van der Waals surface area (Å²) >= 11 is 11.5. The molecular weight excluding hydrogens is 248 g/mol. The van der Waals surface area contributed by atoms with Crippen molar-refractivity contribution in [2.24, 2.45) is 0 Å². The topological polar surface area (TPSA) is 26.0 Å². The maximum absolute atomic E-state index is 13.6. The van der Waals surface area contributed by atoms with Crippen molar-refractivity contribution in [3.8, 4) is 11.1 Å². The Morgan fingerprint density at radius 2 is 1.44 bits per heavy atom. The second-order valence-electron chi connectivity index (χ2n) is 3.36. The number of nitrogen functional groups attached to an aromatic ring is 1. The third-order valence-corrected chi connectivity index (χ3v) is 2.71. The van der Waals surface area contributed by atoms with Crippen LogP contribution >= 0.6 is 23.2 Å². The van der Waals surface area contributed by atoms with E-state index in [-0.39, 0.29) is 0 Å². The fraction of sp³-hybridized carbons (Fsp3) is 0. The van der Waals surface area contributed by atoms with Crippen LogP contribution in [0.15, 0.2) is 36.4 Å². The molecule has 2 aromatic carbocycles. The largest absolute Gasteiger partial charge is 0.398 e. The van der Waals surface area contributed by atoms with Gasteiger partial charge in [0.1, 0.15) is 5.82 Å². The lowest BCUT2D eigenvalue weighted by atomic mass is 10.0. The monoisotopic (exact) mass is 255 g/mol. The van der Waals surface area contributed by atoms with Gasteiger partial charge >= 0.3 is 0 Å². The normalized spacial score (nSPS) is 10.4. The number of halogens is 3. The molecule has 0 aromatic heterocycles. The number of anilines is 1. The standard InChI is InChI=1S/C12H8Cl2FN/c13-7-1-3-9(11(15)5-7)10-4-2-8(14)6-12(10)16/h1-6H,16H2. The predicted molar refractivity (Wildman–Crippen MR) is 66.3 cm³/mol. The number of hydrogen-bond donors (Lipinski definition) is 1. The van der Waals surface area contributed by atoms with E-state index in [1.807, 2.05) is 0 Å². The first-order valence-corrected chi connectivity index (χ1v) is 5.34. The lowest BCUT2D eigenvalue weighted by molar-refractivity contribution is 0.631. The van der Waals surface area contributed by atoms with E-state index >= 15 is 0 Å². The Hall–Kier alpha value is -1.25. The molecule has 16 heavy (non-hydrogen) atoms. The van der Waals surface area contributed by atoms with Gasteiger partial charge in [0, 0.05) is 26.9 Å². The lowest BCUT2D eigenvalue weighted by Crippen LogP contribution is -1.92. The van der Waals surface area contributed by atoms with E-state index in [0.29, 0.717) is 26.9 Å². The van der Waals surface area contributed by atoms with Gasteiger partial charge in [0.05, 0.1) is 0 Å². The minimum atomic E-state index is -0.401. The van der Waals surface area contributed by atoms with E-state index in [2.05, 4.69) is 0 Å². The number of hydrogen-bond acceptors (Lipinski definition) is 1. The molecule has 0 bridgehead atoms. The summed E-state index contributed by atoms with van der Waals surface area (Å²) in [5.41, 5.74) is 7.24. The van der Waals surface area contributed by atoms with Gasteiger partial charge in [-0.1, -0.05) is 29.3 Å². The van der Waals surface area contributed by atoms with Crippen molar-refractivity contribution in [2.75, 3.05) is 5.73 Å². The zero-order valence-electron chi connectivity index (χ0n) is 8.18. The maximum atomic E-state index is 13.6. The fourth-order valence-electron chi connectivity index (χ4n) is 1.49. The second-order valence-corrected chi connectivity index (χ2v) is 4.23. The Bertz CT molecular complexity index is 491. The Balaban J connectivity index is 2.59. The van der Waals surface area contributed by atoms with Crippen LogP contribution in [-0.2, 0) is 0 Å². The van der Waals surface area contributed by atoms with Gasteiger partial charge in [-0.2, -0.15) is 0 Å². The first-order chi connectivity index (χ1) is 7.58. The van der Waals surface area contributed by atoms with Crippen LogP contribution in [0.1, 0.15) is 0 Å². The minimum Gasteiger partial charge on any atom is -0.398 e. The highest BCUT2D eigenvalue weighted by Gasteiger charge is 2.08. The van der Waals surface area contributed by atoms with Crippen molar-refractivity contribution >= 4 is 28.9 Å². The summed E-state index contributed by atoms with van der Waals surface area (Å²) in [6.07, 6.45) is 0. The predicted octanol–water partition coefficient (Wildman–Crippen LogP) is 4.38. The number of rotatable bonds is 1. The van der Waals surface area contributed by atoms with Crippen molar-refractivity contribution in [1.29, 1.82) is 0 Å². The maximum Gasteiger partial charge on any atom is 0.132 e. The molecule has 0 spiro atoms. The van der Waals surface area contributed by atoms with Gasteiger partial charge < -0.3 is 5.73 Å². The highest BCUT2D eigenvalue weighted by Crippen LogP contribution is 2.31. The summed E-state index contributed by atoms with van der Waals surface area (Å²) in [5.74, 6) is -0.401. The number of benzene rings is 2. The molecule has 0 unspecified atom stereocenters. The van der Waals surface area contributed by atoms with Crippen molar-refractivity contribution in [2.45, 2.75) is 0 Å². The van der Waals surface area contributed by atoms with Gasteiger partial charge in [-0.15, -0.1) is 0 Å². The fourth-order valence-corrected chi connectivity index (χ4v) is 1.83. The van der Waals surface area contributed by atoms with Gasteiger partial charge in [-0.3, -0.25) is 0 Å². The Labute approximate surface area is 103 Å². The third-order valence-electron chi connectivity index (χ3n) is 2.23. The summed E-state index contributed by atoms with van der Waals surface area (Å²) in [5, 5.41) is 0.879. The molecule has 0 atom stereocenters. The van der Waals surface area contributed by atoms with Crippen molar-refractivity contribution in [1.82, 2.24) is 0 Å². The molecule has 82 valence electrons. The molecule has 4 heteroatoms. The van der Waals surface area contributed by atoms with Gasteiger partial charge in [-0.25, -0.2) is 4.39 Å². The van der Waals surface area contributed by atoms with Crippen LogP contribution in [0, 0.1) is 5.82 Å². The molecule has 2 N–H and O–H groups in total. The van der Waals surface area contributed by atoms with Crippen LogP contribution in [0.5, 0.6) is 0 Å². The van der Waals surface area contributed by atoms with Crippen LogP contribution in [0.4, 0.5) is 10.1 Å². The first-order valence-electron chi connectivity index (χ1n) is 4.58. The summed E-state index contributed by atoms with van der Waals surface area (Å²) in [7, 11) is 0. The molecule has 0 aliphatic rings. The highest BCUT2D eigenvalue weighted by atomic mass is 35.5. The van der Waals surface area contributed by atoms with Crippen molar-refractivity contribution < 1.29 is 4.39 Å². The first kappa shape index (κ1) is 11.2. The highest BCUT2D eigenvalue weighted by molar-refractivity contribution is 6.31. The minimum absolute atomic E-state index is 0.355. The molecule has 0 radical (unpaired) electrons. The van der Waals surface area contributed by atoms with E-state index in [0.717, 1.165) is 0 Å². The molecule has 2 aromatic rings. The summed E-state index contributed by atoms with van der Waals surface area (Å²) in [6, 6.07) is 9.41. The van der Waals surface area contributed by atoms with Crippen LogP contribution in [0.2, 0.25) is 10.0 Å². The molecule has 0 saturated heterocycles. The molecule has 0 aliphatic carbocycles. The second kappa shape index (κ2) is 4.32. The number of nitrogens with two attached hydrogens (primary N) is 1. The lowest BCUT2D eigenvalue weighted by Gasteiger charge is -2.07. The summed E-state index contributed by atoms with van der Waals surface area (Å²) in [4.78, 5) is 0. The van der Waals surface area contributed by atoms with Crippen LogP contribution in [0.3, 0.4) is 0 Å². The van der Waals surface area contributed by atoms with Crippen molar-refractivity contribution in [3.63, 3.8) is 0 Å².